The third-order valence-corrected chi connectivity index (χ3v) is 4.20. The summed E-state index contributed by atoms with van der Waals surface area (Å²) in [6.07, 6.45) is 2.05. The minimum absolute atomic E-state index is 0.279. The molecule has 3 rings (SSSR count). The fraction of sp³-hybridized carbons (Fsp3) is 0.136. The van der Waals surface area contributed by atoms with Gasteiger partial charge in [0.1, 0.15) is 11.7 Å². The molecule has 8 nitrogen and oxygen atoms in total. The molecular formula is C22H19N3O5. The van der Waals surface area contributed by atoms with Gasteiger partial charge in [0, 0.05) is 22.9 Å². The van der Waals surface area contributed by atoms with Crippen molar-refractivity contribution in [3.05, 3.63) is 77.7 Å². The van der Waals surface area contributed by atoms with E-state index < -0.39 is 24.0 Å². The Morgan fingerprint density at radius 3 is 2.33 bits per heavy atom. The van der Waals surface area contributed by atoms with Crippen LogP contribution in [0.4, 0.5) is 0 Å². The first kappa shape index (κ1) is 20.8. The SMILES string of the molecule is C[C@@H](O)[C@H](NC(=O)c1ccc(C#Cc2ccc(-c3ccco3)nc2)cc1)C(=O)NO. The Hall–Kier alpha value is -3.93. The fourth-order valence-corrected chi connectivity index (χ4v) is 2.59. The standard InChI is InChI=1S/C22H19N3O5/c1-14(26)20(22(28)25-29)24-21(27)17-9-6-15(7-10-17)4-5-16-8-11-18(23-13-16)19-3-2-12-30-19/h2-3,6-14,20,26,29H,1H3,(H,24,27)(H,25,28)/t14-,20+/m1/s1. The first-order valence-corrected chi connectivity index (χ1v) is 9.03. The van der Waals surface area contributed by atoms with E-state index in [0.717, 1.165) is 5.56 Å². The van der Waals surface area contributed by atoms with Crippen LogP contribution in [0.1, 0.15) is 28.4 Å². The van der Waals surface area contributed by atoms with E-state index in [4.69, 9.17) is 9.62 Å². The smallest absolute Gasteiger partial charge is 0.268 e. The van der Waals surface area contributed by atoms with E-state index in [2.05, 4.69) is 22.1 Å². The van der Waals surface area contributed by atoms with Gasteiger partial charge in [-0.25, -0.2) is 5.48 Å². The molecule has 8 heteroatoms. The van der Waals surface area contributed by atoms with Gasteiger partial charge in [-0.05, 0) is 55.5 Å². The molecule has 0 unspecified atom stereocenters. The molecule has 2 heterocycles. The highest BCUT2D eigenvalue weighted by Gasteiger charge is 2.25. The maximum Gasteiger partial charge on any atom is 0.268 e. The molecule has 0 saturated heterocycles. The number of nitrogens with one attached hydrogen (secondary N) is 2. The lowest BCUT2D eigenvalue weighted by molar-refractivity contribution is -0.133. The van der Waals surface area contributed by atoms with Crippen molar-refractivity contribution in [1.82, 2.24) is 15.8 Å². The van der Waals surface area contributed by atoms with Gasteiger partial charge in [-0.3, -0.25) is 19.8 Å². The van der Waals surface area contributed by atoms with Gasteiger partial charge in [0.05, 0.1) is 12.4 Å². The molecule has 3 aromatic rings. The Labute approximate surface area is 172 Å². The zero-order valence-electron chi connectivity index (χ0n) is 16.0. The number of carbonyl (C=O) groups is 2. The molecule has 0 spiro atoms. The van der Waals surface area contributed by atoms with Crippen molar-refractivity contribution in [2.75, 3.05) is 0 Å². The maximum absolute atomic E-state index is 12.3. The number of pyridine rings is 1. The Balaban J connectivity index is 1.66. The summed E-state index contributed by atoms with van der Waals surface area (Å²) in [5.41, 5.74) is 3.81. The van der Waals surface area contributed by atoms with E-state index in [1.54, 1.807) is 42.8 Å². The largest absolute Gasteiger partial charge is 0.463 e. The zero-order valence-corrected chi connectivity index (χ0v) is 16.0. The second kappa shape index (κ2) is 9.52. The van der Waals surface area contributed by atoms with Crippen molar-refractivity contribution in [2.24, 2.45) is 0 Å². The van der Waals surface area contributed by atoms with Crippen LogP contribution < -0.4 is 10.8 Å². The van der Waals surface area contributed by atoms with Crippen LogP contribution in [0, 0.1) is 11.8 Å². The number of aromatic nitrogens is 1. The predicted molar refractivity (Wildman–Crippen MR) is 107 cm³/mol. The number of hydrogen-bond donors (Lipinski definition) is 4. The van der Waals surface area contributed by atoms with E-state index in [9.17, 15) is 14.7 Å². The molecule has 0 aliphatic heterocycles. The van der Waals surface area contributed by atoms with E-state index in [-0.39, 0.29) is 5.56 Å². The number of hydroxylamine groups is 1. The Bertz CT molecular complexity index is 1060. The first-order valence-electron chi connectivity index (χ1n) is 9.03. The number of aliphatic hydroxyl groups excluding tert-OH is 1. The number of aliphatic hydroxyl groups is 1. The molecule has 0 aliphatic carbocycles. The highest BCUT2D eigenvalue weighted by molar-refractivity contribution is 5.97. The van der Waals surface area contributed by atoms with Gasteiger partial charge >= 0.3 is 0 Å². The molecule has 0 fully saturated rings. The molecule has 2 atom stereocenters. The van der Waals surface area contributed by atoms with Crippen LogP contribution in [0.25, 0.3) is 11.5 Å². The molecule has 0 radical (unpaired) electrons. The van der Waals surface area contributed by atoms with E-state index >= 15 is 0 Å². The number of carbonyl (C=O) groups excluding carboxylic acids is 2. The number of furan rings is 1. The maximum atomic E-state index is 12.3. The van der Waals surface area contributed by atoms with Gasteiger partial charge < -0.3 is 14.8 Å². The summed E-state index contributed by atoms with van der Waals surface area (Å²) in [5, 5.41) is 20.7. The van der Waals surface area contributed by atoms with E-state index in [1.807, 2.05) is 18.2 Å². The van der Waals surface area contributed by atoms with Gasteiger partial charge in [0.2, 0.25) is 0 Å². The normalized spacial score (nSPS) is 12.2. The van der Waals surface area contributed by atoms with Crippen LogP contribution in [0.2, 0.25) is 0 Å². The third kappa shape index (κ3) is 5.11. The number of rotatable bonds is 5. The van der Waals surface area contributed by atoms with Crippen LogP contribution in [0.3, 0.4) is 0 Å². The topological polar surface area (TPSA) is 125 Å². The van der Waals surface area contributed by atoms with Gasteiger partial charge in [0.15, 0.2) is 5.76 Å². The minimum Gasteiger partial charge on any atom is -0.463 e. The molecule has 30 heavy (non-hydrogen) atoms. The summed E-state index contributed by atoms with van der Waals surface area (Å²) >= 11 is 0. The molecule has 0 saturated carbocycles. The van der Waals surface area contributed by atoms with Crippen molar-refractivity contribution in [3.63, 3.8) is 0 Å². The quantitative estimate of drug-likeness (QED) is 0.291. The zero-order chi connectivity index (χ0) is 21.5. The van der Waals surface area contributed by atoms with Gasteiger partial charge in [-0.1, -0.05) is 11.8 Å². The Kier molecular flexibility index (Phi) is 6.60. The molecule has 0 aliphatic rings. The lowest BCUT2D eigenvalue weighted by Gasteiger charge is -2.19. The summed E-state index contributed by atoms with van der Waals surface area (Å²) in [4.78, 5) is 28.1. The van der Waals surface area contributed by atoms with Crippen molar-refractivity contribution in [1.29, 1.82) is 0 Å². The molecule has 4 N–H and O–H groups in total. The van der Waals surface area contributed by atoms with Crippen LogP contribution in [-0.4, -0.2) is 39.3 Å². The predicted octanol–water partition coefficient (Wildman–Crippen LogP) is 1.73. The number of hydrogen-bond acceptors (Lipinski definition) is 6. The van der Waals surface area contributed by atoms with Crippen molar-refractivity contribution < 1.29 is 24.3 Å². The fourth-order valence-electron chi connectivity index (χ4n) is 2.59. The highest BCUT2D eigenvalue weighted by atomic mass is 16.5. The molecule has 1 aromatic carbocycles. The molecule has 2 amide bonds. The number of nitrogens with zero attached hydrogens (tertiary/aromatic N) is 1. The second-order valence-electron chi connectivity index (χ2n) is 6.40. The summed E-state index contributed by atoms with van der Waals surface area (Å²) in [5.74, 6) is 5.18. The third-order valence-electron chi connectivity index (χ3n) is 4.20. The molecular weight excluding hydrogens is 386 g/mol. The summed E-state index contributed by atoms with van der Waals surface area (Å²) in [6.45, 7) is 1.33. The summed E-state index contributed by atoms with van der Waals surface area (Å²) in [7, 11) is 0. The van der Waals surface area contributed by atoms with Crippen LogP contribution >= 0.6 is 0 Å². The lowest BCUT2D eigenvalue weighted by atomic mass is 10.1. The van der Waals surface area contributed by atoms with Crippen LogP contribution in [0.15, 0.2) is 65.4 Å². The average Bonchev–Trinajstić information content (AvgIpc) is 3.31. The molecule has 0 bridgehead atoms. The van der Waals surface area contributed by atoms with Crippen molar-refractivity contribution in [3.8, 4) is 23.3 Å². The van der Waals surface area contributed by atoms with E-state index in [0.29, 0.717) is 17.0 Å². The Morgan fingerprint density at radius 2 is 1.77 bits per heavy atom. The highest BCUT2D eigenvalue weighted by Crippen LogP contribution is 2.16. The summed E-state index contributed by atoms with van der Waals surface area (Å²) in [6, 6.07) is 12.4. The Morgan fingerprint density at radius 1 is 1.07 bits per heavy atom. The molecule has 152 valence electrons. The van der Waals surface area contributed by atoms with Crippen molar-refractivity contribution in [2.45, 2.75) is 19.1 Å². The second-order valence-corrected chi connectivity index (χ2v) is 6.40. The summed E-state index contributed by atoms with van der Waals surface area (Å²) < 4.78 is 5.30. The molecule has 2 aromatic heterocycles. The van der Waals surface area contributed by atoms with Crippen molar-refractivity contribution >= 4 is 11.8 Å². The van der Waals surface area contributed by atoms with Gasteiger partial charge in [-0.2, -0.15) is 0 Å². The number of amides is 2. The van der Waals surface area contributed by atoms with Crippen LogP contribution in [-0.2, 0) is 4.79 Å². The lowest BCUT2D eigenvalue weighted by Crippen LogP contribution is -2.51. The first-order chi connectivity index (χ1) is 14.5. The van der Waals surface area contributed by atoms with Gasteiger partial charge in [-0.15, -0.1) is 0 Å². The van der Waals surface area contributed by atoms with E-state index in [1.165, 1.54) is 12.4 Å². The number of benzene rings is 1. The monoisotopic (exact) mass is 405 g/mol. The van der Waals surface area contributed by atoms with Gasteiger partial charge in [0.25, 0.3) is 11.8 Å². The minimum atomic E-state index is -1.28. The average molecular weight is 405 g/mol. The van der Waals surface area contributed by atoms with Crippen LogP contribution in [0.5, 0.6) is 0 Å².